The van der Waals surface area contributed by atoms with Crippen molar-refractivity contribution in [2.45, 2.75) is 6.42 Å². The fourth-order valence-electron chi connectivity index (χ4n) is 1.35. The van der Waals surface area contributed by atoms with Gasteiger partial charge in [-0.2, -0.15) is 0 Å². The van der Waals surface area contributed by atoms with Crippen molar-refractivity contribution in [1.29, 1.82) is 0 Å². The highest BCUT2D eigenvalue weighted by atomic mass is 16.7. The van der Waals surface area contributed by atoms with Crippen LogP contribution in [0.15, 0.2) is 24.3 Å². The number of nitrogens with two attached hydrogens (primary N) is 1. The highest BCUT2D eigenvalue weighted by Gasteiger charge is 2.14. The van der Waals surface area contributed by atoms with Crippen LogP contribution in [0.3, 0.4) is 0 Å². The topological polar surface area (TPSA) is 55.6 Å². The zero-order valence-corrected chi connectivity index (χ0v) is 9.06. The Balaban J connectivity index is 2.96. The Kier molecular flexibility index (Phi) is 4.27. The molecular weight excluding hydrogens is 192 g/mol. The van der Waals surface area contributed by atoms with Crippen molar-refractivity contribution >= 4 is 5.91 Å². The second-order valence-corrected chi connectivity index (χ2v) is 3.18. The molecule has 0 unspecified atom stereocenters. The molecule has 0 spiro atoms. The molecule has 0 atom stereocenters. The summed E-state index contributed by atoms with van der Waals surface area (Å²) in [5.74, 6) is -0.151. The predicted molar refractivity (Wildman–Crippen MR) is 58.3 cm³/mol. The minimum atomic E-state index is -0.151. The SMILES string of the molecule is CON(C)C(=O)c1ccccc1CCN. The summed E-state index contributed by atoms with van der Waals surface area (Å²) in [6, 6.07) is 7.41. The van der Waals surface area contributed by atoms with E-state index in [1.807, 2.05) is 18.2 Å². The van der Waals surface area contributed by atoms with Gasteiger partial charge in [-0.3, -0.25) is 9.63 Å². The average Bonchev–Trinajstić information content (AvgIpc) is 2.28. The maximum absolute atomic E-state index is 11.8. The Morgan fingerprint density at radius 2 is 2.13 bits per heavy atom. The predicted octanol–water partition coefficient (Wildman–Crippen LogP) is 0.821. The van der Waals surface area contributed by atoms with Crippen molar-refractivity contribution in [3.63, 3.8) is 0 Å². The molecule has 0 heterocycles. The van der Waals surface area contributed by atoms with Gasteiger partial charge in [0.25, 0.3) is 5.91 Å². The first-order chi connectivity index (χ1) is 7.20. The first-order valence-corrected chi connectivity index (χ1v) is 4.80. The number of hydrogen-bond acceptors (Lipinski definition) is 3. The van der Waals surface area contributed by atoms with Gasteiger partial charge in [0.1, 0.15) is 0 Å². The molecule has 1 aromatic rings. The molecule has 1 aromatic carbocycles. The van der Waals surface area contributed by atoms with E-state index in [2.05, 4.69) is 0 Å². The lowest BCUT2D eigenvalue weighted by Gasteiger charge is -2.15. The second-order valence-electron chi connectivity index (χ2n) is 3.18. The summed E-state index contributed by atoms with van der Waals surface area (Å²) in [5, 5.41) is 1.20. The maximum Gasteiger partial charge on any atom is 0.277 e. The molecule has 1 rings (SSSR count). The van der Waals surface area contributed by atoms with Gasteiger partial charge in [0.2, 0.25) is 0 Å². The molecule has 0 aliphatic carbocycles. The highest BCUT2D eigenvalue weighted by molar-refractivity contribution is 5.94. The van der Waals surface area contributed by atoms with Crippen LogP contribution in [0.25, 0.3) is 0 Å². The van der Waals surface area contributed by atoms with Crippen LogP contribution in [-0.4, -0.2) is 31.7 Å². The van der Waals surface area contributed by atoms with Crippen LogP contribution in [0.5, 0.6) is 0 Å². The van der Waals surface area contributed by atoms with Crippen LogP contribution < -0.4 is 5.73 Å². The summed E-state index contributed by atoms with van der Waals surface area (Å²) >= 11 is 0. The lowest BCUT2D eigenvalue weighted by atomic mass is 10.0. The van der Waals surface area contributed by atoms with Crippen LogP contribution in [0, 0.1) is 0 Å². The average molecular weight is 208 g/mol. The first-order valence-electron chi connectivity index (χ1n) is 4.80. The minimum absolute atomic E-state index is 0.151. The molecule has 0 saturated heterocycles. The number of nitrogens with zero attached hydrogens (tertiary/aromatic N) is 1. The normalized spacial score (nSPS) is 10.1. The second kappa shape index (κ2) is 5.48. The van der Waals surface area contributed by atoms with E-state index in [1.165, 1.54) is 12.2 Å². The quantitative estimate of drug-likeness (QED) is 0.745. The van der Waals surface area contributed by atoms with Gasteiger partial charge in [-0.15, -0.1) is 0 Å². The van der Waals surface area contributed by atoms with Crippen molar-refractivity contribution in [3.8, 4) is 0 Å². The van der Waals surface area contributed by atoms with Gasteiger partial charge in [0, 0.05) is 12.6 Å². The molecule has 2 N–H and O–H groups in total. The molecule has 0 fully saturated rings. The van der Waals surface area contributed by atoms with E-state index < -0.39 is 0 Å². The largest absolute Gasteiger partial charge is 0.330 e. The highest BCUT2D eigenvalue weighted by Crippen LogP contribution is 2.11. The first kappa shape index (κ1) is 11.7. The van der Waals surface area contributed by atoms with Gasteiger partial charge >= 0.3 is 0 Å². The van der Waals surface area contributed by atoms with E-state index in [9.17, 15) is 4.79 Å². The van der Waals surface area contributed by atoms with Gasteiger partial charge in [-0.05, 0) is 24.6 Å². The smallest absolute Gasteiger partial charge is 0.277 e. The van der Waals surface area contributed by atoms with E-state index in [1.54, 1.807) is 13.1 Å². The Labute approximate surface area is 89.6 Å². The molecule has 4 heteroatoms. The summed E-state index contributed by atoms with van der Waals surface area (Å²) in [6.45, 7) is 0.529. The van der Waals surface area contributed by atoms with Crippen LogP contribution in [0.1, 0.15) is 15.9 Å². The van der Waals surface area contributed by atoms with E-state index in [4.69, 9.17) is 10.6 Å². The van der Waals surface area contributed by atoms with Crippen molar-refractivity contribution in [2.75, 3.05) is 20.7 Å². The maximum atomic E-state index is 11.8. The standard InChI is InChI=1S/C11H16N2O2/c1-13(15-2)11(14)10-6-4-3-5-9(10)7-8-12/h3-6H,7-8,12H2,1-2H3. The molecule has 0 bridgehead atoms. The van der Waals surface area contributed by atoms with Crippen molar-refractivity contribution < 1.29 is 9.63 Å². The summed E-state index contributed by atoms with van der Waals surface area (Å²) in [4.78, 5) is 16.7. The molecule has 4 nitrogen and oxygen atoms in total. The Bertz CT molecular complexity index is 339. The summed E-state index contributed by atoms with van der Waals surface area (Å²) in [6.07, 6.45) is 0.694. The lowest BCUT2D eigenvalue weighted by Crippen LogP contribution is -2.26. The molecular formula is C11H16N2O2. The third-order valence-electron chi connectivity index (χ3n) is 2.22. The molecule has 1 amide bonds. The molecule has 0 saturated carbocycles. The lowest BCUT2D eigenvalue weighted by molar-refractivity contribution is -0.0757. The van der Waals surface area contributed by atoms with Gasteiger partial charge in [0.15, 0.2) is 0 Å². The molecule has 82 valence electrons. The summed E-state index contributed by atoms with van der Waals surface area (Å²) in [7, 11) is 3.05. The van der Waals surface area contributed by atoms with Crippen LogP contribution in [-0.2, 0) is 11.3 Å². The van der Waals surface area contributed by atoms with Crippen molar-refractivity contribution in [2.24, 2.45) is 5.73 Å². The summed E-state index contributed by atoms with van der Waals surface area (Å²) in [5.41, 5.74) is 7.08. The third-order valence-corrected chi connectivity index (χ3v) is 2.22. The molecule has 0 radical (unpaired) electrons. The Hall–Kier alpha value is -1.39. The minimum Gasteiger partial charge on any atom is -0.330 e. The van der Waals surface area contributed by atoms with Gasteiger partial charge < -0.3 is 5.73 Å². The Morgan fingerprint density at radius 1 is 1.47 bits per heavy atom. The van der Waals surface area contributed by atoms with E-state index >= 15 is 0 Å². The van der Waals surface area contributed by atoms with E-state index in [-0.39, 0.29) is 5.91 Å². The zero-order chi connectivity index (χ0) is 11.3. The molecule has 15 heavy (non-hydrogen) atoms. The fourth-order valence-corrected chi connectivity index (χ4v) is 1.35. The third kappa shape index (κ3) is 2.78. The number of hydrogen-bond donors (Lipinski definition) is 1. The van der Waals surface area contributed by atoms with Gasteiger partial charge in [-0.1, -0.05) is 18.2 Å². The molecule has 0 aliphatic heterocycles. The molecule has 0 aliphatic rings. The summed E-state index contributed by atoms with van der Waals surface area (Å²) < 4.78 is 0. The van der Waals surface area contributed by atoms with E-state index in [0.717, 1.165) is 5.56 Å². The van der Waals surface area contributed by atoms with Crippen molar-refractivity contribution in [1.82, 2.24) is 5.06 Å². The Morgan fingerprint density at radius 3 is 2.73 bits per heavy atom. The van der Waals surface area contributed by atoms with Gasteiger partial charge in [0.05, 0.1) is 7.11 Å². The number of rotatable bonds is 4. The molecule has 0 aromatic heterocycles. The number of carbonyl (C=O) groups is 1. The zero-order valence-electron chi connectivity index (χ0n) is 9.06. The van der Waals surface area contributed by atoms with Crippen LogP contribution in [0.4, 0.5) is 0 Å². The van der Waals surface area contributed by atoms with E-state index in [0.29, 0.717) is 18.5 Å². The van der Waals surface area contributed by atoms with Gasteiger partial charge in [-0.25, -0.2) is 5.06 Å². The van der Waals surface area contributed by atoms with Crippen LogP contribution in [0.2, 0.25) is 0 Å². The number of benzene rings is 1. The number of amides is 1. The fraction of sp³-hybridized carbons (Fsp3) is 0.364. The number of hydroxylamine groups is 2. The number of carbonyl (C=O) groups excluding carboxylic acids is 1. The van der Waals surface area contributed by atoms with Crippen molar-refractivity contribution in [3.05, 3.63) is 35.4 Å². The van der Waals surface area contributed by atoms with Crippen LogP contribution >= 0.6 is 0 Å². The monoisotopic (exact) mass is 208 g/mol.